The van der Waals surface area contributed by atoms with Crippen LogP contribution in [-0.2, 0) is 11.3 Å². The lowest BCUT2D eigenvalue weighted by molar-refractivity contribution is -0.123. The Morgan fingerprint density at radius 1 is 1.06 bits per heavy atom. The number of rotatable bonds is 8. The van der Waals surface area contributed by atoms with Gasteiger partial charge < -0.3 is 20.4 Å². The summed E-state index contributed by atoms with van der Waals surface area (Å²) < 4.78 is 0. The molecule has 1 saturated heterocycles. The summed E-state index contributed by atoms with van der Waals surface area (Å²) in [6.07, 6.45) is 2.39. The fourth-order valence-electron chi connectivity index (χ4n) is 3.82. The molecule has 2 aromatic rings. The fourth-order valence-corrected chi connectivity index (χ4v) is 3.82. The number of nitrogens with one attached hydrogen (secondary N) is 2. The van der Waals surface area contributed by atoms with Crippen LogP contribution in [0, 0.1) is 12.8 Å². The molecule has 1 aromatic heterocycles. The Morgan fingerprint density at radius 3 is 2.41 bits per heavy atom. The number of carbonyl (C=O) groups excluding carboxylic acids is 2. The first-order valence-electron chi connectivity index (χ1n) is 11.4. The minimum absolute atomic E-state index is 0.177. The summed E-state index contributed by atoms with van der Waals surface area (Å²) in [6, 6.07) is 10.8. The topological polar surface area (TPSA) is 77.6 Å². The minimum Gasteiger partial charge on any atom is -0.354 e. The van der Waals surface area contributed by atoms with Crippen LogP contribution in [0.1, 0.15) is 41.8 Å². The summed E-state index contributed by atoms with van der Waals surface area (Å²) in [7, 11) is 2.13. The highest BCUT2D eigenvalue weighted by atomic mass is 16.2. The fraction of sp³-hybridized carbons (Fsp3) is 0.480. The number of benzene rings is 1. The summed E-state index contributed by atoms with van der Waals surface area (Å²) in [4.78, 5) is 34.8. The van der Waals surface area contributed by atoms with E-state index >= 15 is 0 Å². The van der Waals surface area contributed by atoms with Gasteiger partial charge >= 0.3 is 0 Å². The third kappa shape index (κ3) is 6.53. The first-order chi connectivity index (χ1) is 15.3. The van der Waals surface area contributed by atoms with Crippen LogP contribution in [0.5, 0.6) is 0 Å². The monoisotopic (exact) mass is 437 g/mol. The molecule has 3 rings (SSSR count). The van der Waals surface area contributed by atoms with Crippen molar-refractivity contribution in [2.24, 2.45) is 5.92 Å². The Labute approximate surface area is 191 Å². The SMILES string of the molecule is Cc1ccccc1C(=O)NC(CC(C)C)C(=O)NCc1ccc(N2CCN(C)CC2)nc1. The van der Waals surface area contributed by atoms with Gasteiger partial charge in [0, 0.05) is 44.5 Å². The van der Waals surface area contributed by atoms with Crippen LogP contribution in [0.15, 0.2) is 42.6 Å². The number of amides is 2. The molecule has 7 nitrogen and oxygen atoms in total. The van der Waals surface area contributed by atoms with Crippen molar-refractivity contribution in [2.45, 2.75) is 39.8 Å². The zero-order chi connectivity index (χ0) is 23.1. The van der Waals surface area contributed by atoms with Crippen molar-refractivity contribution in [1.29, 1.82) is 0 Å². The first kappa shape index (κ1) is 23.7. The van der Waals surface area contributed by atoms with Crippen molar-refractivity contribution >= 4 is 17.6 Å². The van der Waals surface area contributed by atoms with Crippen LogP contribution in [0.4, 0.5) is 5.82 Å². The number of carbonyl (C=O) groups is 2. The standard InChI is InChI=1S/C25H35N5O2/c1-18(2)15-22(28-24(31)21-8-6-5-7-19(21)3)25(32)27-17-20-9-10-23(26-16-20)30-13-11-29(4)12-14-30/h5-10,16,18,22H,11-15,17H2,1-4H3,(H,27,32)(H,28,31). The molecule has 1 aliphatic heterocycles. The lowest BCUT2D eigenvalue weighted by Gasteiger charge is -2.33. The largest absolute Gasteiger partial charge is 0.354 e. The van der Waals surface area contributed by atoms with Crippen molar-refractivity contribution in [3.8, 4) is 0 Å². The zero-order valence-electron chi connectivity index (χ0n) is 19.6. The van der Waals surface area contributed by atoms with Gasteiger partial charge in [-0.15, -0.1) is 0 Å². The second-order valence-corrected chi connectivity index (χ2v) is 9.00. The summed E-state index contributed by atoms with van der Waals surface area (Å²) in [5.41, 5.74) is 2.42. The van der Waals surface area contributed by atoms with Gasteiger partial charge in [0.15, 0.2) is 0 Å². The molecule has 0 saturated carbocycles. The molecule has 0 bridgehead atoms. The summed E-state index contributed by atoms with van der Waals surface area (Å²) in [5.74, 6) is 0.842. The summed E-state index contributed by atoms with van der Waals surface area (Å²) in [6.45, 7) is 10.4. The van der Waals surface area contributed by atoms with Gasteiger partial charge in [-0.2, -0.15) is 0 Å². The van der Waals surface area contributed by atoms with Gasteiger partial charge in [-0.3, -0.25) is 9.59 Å². The highest BCUT2D eigenvalue weighted by Crippen LogP contribution is 2.14. The molecule has 2 N–H and O–H groups in total. The first-order valence-corrected chi connectivity index (χ1v) is 11.4. The number of likely N-dealkylation sites (N-methyl/N-ethyl adjacent to an activating group) is 1. The Hall–Kier alpha value is -2.93. The third-order valence-corrected chi connectivity index (χ3v) is 5.82. The molecule has 32 heavy (non-hydrogen) atoms. The van der Waals surface area contributed by atoms with Crippen LogP contribution in [-0.4, -0.2) is 61.0 Å². The lowest BCUT2D eigenvalue weighted by Crippen LogP contribution is -2.47. The van der Waals surface area contributed by atoms with Gasteiger partial charge in [-0.05, 0) is 49.6 Å². The van der Waals surface area contributed by atoms with Gasteiger partial charge in [-0.1, -0.05) is 38.1 Å². The molecule has 0 radical (unpaired) electrons. The summed E-state index contributed by atoms with van der Waals surface area (Å²) >= 11 is 0. The Bertz CT molecular complexity index is 905. The number of aromatic nitrogens is 1. The highest BCUT2D eigenvalue weighted by molar-refractivity contribution is 5.98. The second kappa shape index (κ2) is 11.1. The normalized spacial score (nSPS) is 15.5. The van der Waals surface area contributed by atoms with E-state index < -0.39 is 6.04 Å². The van der Waals surface area contributed by atoms with Crippen molar-refractivity contribution < 1.29 is 9.59 Å². The molecule has 1 aliphatic rings. The van der Waals surface area contributed by atoms with Crippen molar-refractivity contribution in [1.82, 2.24) is 20.5 Å². The van der Waals surface area contributed by atoms with E-state index in [0.717, 1.165) is 43.1 Å². The molecular weight excluding hydrogens is 402 g/mol. The number of pyridine rings is 1. The number of hydrogen-bond acceptors (Lipinski definition) is 5. The molecule has 1 aromatic carbocycles. The van der Waals surface area contributed by atoms with Gasteiger partial charge in [0.05, 0.1) is 0 Å². The van der Waals surface area contributed by atoms with E-state index in [9.17, 15) is 9.59 Å². The van der Waals surface area contributed by atoms with Gasteiger partial charge in [0.25, 0.3) is 5.91 Å². The molecule has 172 valence electrons. The van der Waals surface area contributed by atoms with E-state index in [1.807, 2.05) is 57.3 Å². The van der Waals surface area contributed by atoms with E-state index in [4.69, 9.17) is 0 Å². The zero-order valence-corrected chi connectivity index (χ0v) is 19.6. The number of aryl methyl sites for hydroxylation is 1. The molecule has 7 heteroatoms. The van der Waals surface area contributed by atoms with Gasteiger partial charge in [0.2, 0.25) is 5.91 Å². The molecule has 1 atom stereocenters. The van der Waals surface area contributed by atoms with E-state index in [0.29, 0.717) is 18.5 Å². The minimum atomic E-state index is -0.584. The Morgan fingerprint density at radius 2 is 1.78 bits per heavy atom. The maximum Gasteiger partial charge on any atom is 0.252 e. The van der Waals surface area contributed by atoms with Crippen LogP contribution in [0.25, 0.3) is 0 Å². The molecule has 2 heterocycles. The maximum atomic E-state index is 12.9. The molecule has 2 amide bonds. The van der Waals surface area contributed by atoms with E-state index in [2.05, 4.69) is 32.5 Å². The van der Waals surface area contributed by atoms with Crippen LogP contribution < -0.4 is 15.5 Å². The summed E-state index contributed by atoms with van der Waals surface area (Å²) in [5, 5.41) is 5.89. The average Bonchev–Trinajstić information content (AvgIpc) is 2.78. The van der Waals surface area contributed by atoms with E-state index in [-0.39, 0.29) is 17.7 Å². The van der Waals surface area contributed by atoms with Gasteiger partial charge in [0.1, 0.15) is 11.9 Å². The molecule has 0 spiro atoms. The molecule has 0 aliphatic carbocycles. The average molecular weight is 438 g/mol. The van der Waals surface area contributed by atoms with Gasteiger partial charge in [-0.25, -0.2) is 4.98 Å². The molecule has 1 unspecified atom stereocenters. The van der Waals surface area contributed by atoms with Crippen LogP contribution in [0.3, 0.4) is 0 Å². The number of piperazine rings is 1. The van der Waals surface area contributed by atoms with Crippen molar-refractivity contribution in [2.75, 3.05) is 38.1 Å². The Kier molecular flexibility index (Phi) is 8.22. The quantitative estimate of drug-likeness (QED) is 0.664. The number of nitrogens with zero attached hydrogens (tertiary/aromatic N) is 3. The van der Waals surface area contributed by atoms with Crippen LogP contribution in [0.2, 0.25) is 0 Å². The smallest absolute Gasteiger partial charge is 0.252 e. The lowest BCUT2D eigenvalue weighted by atomic mass is 10.0. The molecular formula is C25H35N5O2. The number of anilines is 1. The molecule has 1 fully saturated rings. The predicted molar refractivity (Wildman–Crippen MR) is 128 cm³/mol. The van der Waals surface area contributed by atoms with Crippen molar-refractivity contribution in [3.63, 3.8) is 0 Å². The second-order valence-electron chi connectivity index (χ2n) is 9.00. The van der Waals surface area contributed by atoms with Crippen LogP contribution >= 0.6 is 0 Å². The highest BCUT2D eigenvalue weighted by Gasteiger charge is 2.23. The third-order valence-electron chi connectivity index (χ3n) is 5.82. The van der Waals surface area contributed by atoms with E-state index in [1.165, 1.54) is 0 Å². The predicted octanol–water partition coefficient (Wildman–Crippen LogP) is 2.60. The maximum absolute atomic E-state index is 12.9. The number of hydrogen-bond donors (Lipinski definition) is 2. The van der Waals surface area contributed by atoms with E-state index in [1.54, 1.807) is 6.07 Å². The van der Waals surface area contributed by atoms with Crippen molar-refractivity contribution in [3.05, 3.63) is 59.3 Å². The Balaban J connectivity index is 1.57.